The second-order valence-corrected chi connectivity index (χ2v) is 6.27. The van der Waals surface area contributed by atoms with Crippen LogP contribution in [0.2, 0.25) is 0 Å². The minimum atomic E-state index is -0.650. The normalized spacial score (nSPS) is 11.7. The number of nitrogens with zero attached hydrogens (tertiary/aromatic N) is 6. The molecule has 4 aromatic rings. The number of aryl methyl sites for hydroxylation is 3. The van der Waals surface area contributed by atoms with Gasteiger partial charge in [0.2, 0.25) is 0 Å². The first-order valence-corrected chi connectivity index (χ1v) is 8.28. The van der Waals surface area contributed by atoms with Gasteiger partial charge in [0.1, 0.15) is 17.5 Å². The quantitative estimate of drug-likeness (QED) is 0.556. The zero-order valence-electron chi connectivity index (χ0n) is 15.0. The monoisotopic (exact) mass is 366 g/mol. The van der Waals surface area contributed by atoms with Gasteiger partial charge in [-0.2, -0.15) is 4.98 Å². The Kier molecular flexibility index (Phi) is 4.02. The van der Waals surface area contributed by atoms with E-state index < -0.39 is 11.6 Å². The van der Waals surface area contributed by atoms with E-state index in [9.17, 15) is 8.78 Å². The third kappa shape index (κ3) is 3.21. The lowest BCUT2D eigenvalue weighted by Crippen LogP contribution is -1.97. The van der Waals surface area contributed by atoms with E-state index >= 15 is 0 Å². The fourth-order valence-corrected chi connectivity index (χ4v) is 2.86. The Hall–Kier alpha value is -3.42. The number of imidazole rings is 1. The van der Waals surface area contributed by atoms with Gasteiger partial charge in [0.25, 0.3) is 5.78 Å². The molecule has 0 spiro atoms. The lowest BCUT2D eigenvalue weighted by atomic mass is 10.1. The van der Waals surface area contributed by atoms with Crippen LogP contribution in [0.15, 0.2) is 30.5 Å². The van der Waals surface area contributed by atoms with Gasteiger partial charge in [0.05, 0.1) is 5.69 Å². The second kappa shape index (κ2) is 6.39. The summed E-state index contributed by atoms with van der Waals surface area (Å²) in [6.45, 7) is 3.84. The lowest BCUT2D eigenvalue weighted by molar-refractivity contribution is 0.585. The summed E-state index contributed by atoms with van der Waals surface area (Å²) < 4.78 is 30.5. The number of hydrogen-bond donors (Lipinski definition) is 0. The summed E-state index contributed by atoms with van der Waals surface area (Å²) >= 11 is 0. The van der Waals surface area contributed by atoms with Crippen LogP contribution in [0.5, 0.6) is 0 Å². The summed E-state index contributed by atoms with van der Waals surface area (Å²) in [4.78, 5) is 13.1. The number of rotatable bonds is 3. The minimum Gasteiger partial charge on any atom is -0.334 e. The van der Waals surface area contributed by atoms with Crippen LogP contribution in [0, 0.1) is 25.5 Å². The van der Waals surface area contributed by atoms with Crippen molar-refractivity contribution in [2.24, 2.45) is 7.05 Å². The maximum atomic E-state index is 14.0. The molecule has 0 N–H and O–H groups in total. The van der Waals surface area contributed by atoms with E-state index in [0.29, 0.717) is 23.1 Å². The van der Waals surface area contributed by atoms with Crippen LogP contribution in [0.25, 0.3) is 29.2 Å². The van der Waals surface area contributed by atoms with Crippen molar-refractivity contribution in [2.45, 2.75) is 13.8 Å². The van der Waals surface area contributed by atoms with Crippen molar-refractivity contribution in [3.63, 3.8) is 0 Å². The van der Waals surface area contributed by atoms with E-state index in [2.05, 4.69) is 20.1 Å². The smallest absolute Gasteiger partial charge is 0.253 e. The molecule has 1 aromatic carbocycles. The highest BCUT2D eigenvalue weighted by molar-refractivity contribution is 5.67. The molecule has 0 radical (unpaired) electrons. The summed E-state index contributed by atoms with van der Waals surface area (Å²) in [5.74, 6) is 0.343. The Bertz CT molecular complexity index is 1190. The van der Waals surface area contributed by atoms with E-state index in [-0.39, 0.29) is 5.56 Å². The maximum absolute atomic E-state index is 14.0. The molecule has 0 saturated heterocycles. The Labute approximate surface area is 153 Å². The zero-order chi connectivity index (χ0) is 19.1. The first-order valence-electron chi connectivity index (χ1n) is 8.28. The Morgan fingerprint density at radius 2 is 1.81 bits per heavy atom. The molecular weight excluding hydrogens is 350 g/mol. The SMILES string of the molecule is Cc1cc(C)n2nc(/C=C/c3nc(-c4ccc(F)cc4F)cn3C)nc2n1. The van der Waals surface area contributed by atoms with Gasteiger partial charge in [-0.3, -0.25) is 0 Å². The first-order chi connectivity index (χ1) is 12.9. The molecule has 136 valence electrons. The molecule has 4 rings (SSSR count). The number of fused-ring (bicyclic) bond motifs is 1. The average Bonchev–Trinajstić information content (AvgIpc) is 3.16. The van der Waals surface area contributed by atoms with Gasteiger partial charge in [0, 0.05) is 36.3 Å². The van der Waals surface area contributed by atoms with Crippen molar-refractivity contribution in [2.75, 3.05) is 0 Å². The fraction of sp³-hybridized carbons (Fsp3) is 0.158. The van der Waals surface area contributed by atoms with Crippen LogP contribution in [-0.2, 0) is 7.05 Å². The standard InChI is InChI=1S/C19H16F2N6/c1-11-8-12(2)27-19(22-11)24-17(25-27)6-7-18-23-16(10-26(18)3)14-5-4-13(20)9-15(14)21/h4-10H,1-3H3/b7-6+. The molecule has 0 amide bonds. The molecule has 0 bridgehead atoms. The largest absolute Gasteiger partial charge is 0.334 e. The fourth-order valence-electron chi connectivity index (χ4n) is 2.86. The van der Waals surface area contributed by atoms with E-state index in [1.165, 1.54) is 12.1 Å². The molecule has 27 heavy (non-hydrogen) atoms. The van der Waals surface area contributed by atoms with Crippen LogP contribution < -0.4 is 0 Å². The zero-order valence-corrected chi connectivity index (χ0v) is 15.0. The number of benzene rings is 1. The van der Waals surface area contributed by atoms with Crippen molar-refractivity contribution in [1.82, 2.24) is 29.1 Å². The van der Waals surface area contributed by atoms with Crippen LogP contribution in [0.1, 0.15) is 23.0 Å². The van der Waals surface area contributed by atoms with Gasteiger partial charge in [-0.1, -0.05) is 0 Å². The molecule has 0 atom stereocenters. The highest BCUT2D eigenvalue weighted by Crippen LogP contribution is 2.23. The third-order valence-electron chi connectivity index (χ3n) is 4.14. The Morgan fingerprint density at radius 1 is 1.00 bits per heavy atom. The second-order valence-electron chi connectivity index (χ2n) is 6.27. The average molecular weight is 366 g/mol. The van der Waals surface area contributed by atoms with E-state index in [1.54, 1.807) is 34.5 Å². The summed E-state index contributed by atoms with van der Waals surface area (Å²) in [7, 11) is 1.80. The highest BCUT2D eigenvalue weighted by atomic mass is 19.1. The van der Waals surface area contributed by atoms with Gasteiger partial charge in [0.15, 0.2) is 5.82 Å². The highest BCUT2D eigenvalue weighted by Gasteiger charge is 2.11. The Morgan fingerprint density at radius 3 is 2.59 bits per heavy atom. The summed E-state index contributed by atoms with van der Waals surface area (Å²) in [5, 5.41) is 4.40. The van der Waals surface area contributed by atoms with Gasteiger partial charge >= 0.3 is 0 Å². The molecule has 6 nitrogen and oxygen atoms in total. The molecule has 0 saturated carbocycles. The van der Waals surface area contributed by atoms with Gasteiger partial charge in [-0.25, -0.2) is 23.3 Å². The third-order valence-corrected chi connectivity index (χ3v) is 4.14. The predicted molar refractivity (Wildman–Crippen MR) is 97.7 cm³/mol. The van der Waals surface area contributed by atoms with Gasteiger partial charge in [-0.15, -0.1) is 5.10 Å². The van der Waals surface area contributed by atoms with E-state index in [4.69, 9.17) is 0 Å². The van der Waals surface area contributed by atoms with Crippen LogP contribution in [-0.4, -0.2) is 29.1 Å². The summed E-state index contributed by atoms with van der Waals surface area (Å²) in [6.07, 6.45) is 5.14. The van der Waals surface area contributed by atoms with Gasteiger partial charge in [-0.05, 0) is 44.2 Å². The maximum Gasteiger partial charge on any atom is 0.253 e. The Balaban J connectivity index is 1.67. The number of hydrogen-bond acceptors (Lipinski definition) is 4. The molecular formula is C19H16F2N6. The molecule has 0 aliphatic rings. The van der Waals surface area contributed by atoms with Crippen LogP contribution in [0.3, 0.4) is 0 Å². The van der Waals surface area contributed by atoms with Crippen LogP contribution in [0.4, 0.5) is 8.78 Å². The van der Waals surface area contributed by atoms with Crippen molar-refractivity contribution in [3.05, 3.63) is 65.1 Å². The van der Waals surface area contributed by atoms with Crippen LogP contribution >= 0.6 is 0 Å². The van der Waals surface area contributed by atoms with Gasteiger partial charge < -0.3 is 4.57 Å². The first kappa shape index (κ1) is 17.0. The predicted octanol–water partition coefficient (Wildman–Crippen LogP) is 3.59. The number of aromatic nitrogens is 6. The molecule has 0 fully saturated rings. The van der Waals surface area contributed by atoms with Crippen molar-refractivity contribution in [3.8, 4) is 11.3 Å². The van der Waals surface area contributed by atoms with Crippen molar-refractivity contribution < 1.29 is 8.78 Å². The van der Waals surface area contributed by atoms with E-state index in [0.717, 1.165) is 17.5 Å². The molecule has 0 unspecified atom stereocenters. The van der Waals surface area contributed by atoms with Crippen molar-refractivity contribution in [1.29, 1.82) is 0 Å². The van der Waals surface area contributed by atoms with E-state index in [1.807, 2.05) is 19.9 Å². The topological polar surface area (TPSA) is 60.9 Å². The minimum absolute atomic E-state index is 0.243. The summed E-state index contributed by atoms with van der Waals surface area (Å²) in [6, 6.07) is 5.36. The molecule has 3 aromatic heterocycles. The molecule has 0 aliphatic heterocycles. The molecule has 8 heteroatoms. The molecule has 3 heterocycles. The number of halogens is 2. The summed E-state index contributed by atoms with van der Waals surface area (Å²) in [5.41, 5.74) is 2.48. The lowest BCUT2D eigenvalue weighted by Gasteiger charge is -1.98. The molecule has 0 aliphatic carbocycles. The van der Waals surface area contributed by atoms with Crippen molar-refractivity contribution >= 4 is 17.9 Å².